The zero-order chi connectivity index (χ0) is 22.9. The van der Waals surface area contributed by atoms with E-state index in [0.717, 1.165) is 28.9 Å². The summed E-state index contributed by atoms with van der Waals surface area (Å²) in [5.41, 5.74) is 5.52. The first-order valence-corrected chi connectivity index (χ1v) is 11.2. The van der Waals surface area contributed by atoms with Crippen LogP contribution in [0.1, 0.15) is 34.4 Å². The third-order valence-corrected chi connectivity index (χ3v) is 6.30. The molecular formula is C27H26FN4O+. The number of anilines is 1. The maximum atomic E-state index is 13.8. The molecule has 2 aromatic carbocycles. The fourth-order valence-electron chi connectivity index (χ4n) is 4.49. The normalized spacial score (nSPS) is 14.9. The number of hydrogen-bond acceptors (Lipinski definition) is 3. The van der Waals surface area contributed by atoms with Gasteiger partial charge in [0.2, 0.25) is 6.04 Å². The average Bonchev–Trinajstić information content (AvgIpc) is 3.34. The highest BCUT2D eigenvalue weighted by Crippen LogP contribution is 2.25. The number of halogens is 1. The third-order valence-electron chi connectivity index (χ3n) is 6.30. The molecule has 2 aromatic heterocycles. The van der Waals surface area contributed by atoms with E-state index in [2.05, 4.69) is 28.9 Å². The fourth-order valence-corrected chi connectivity index (χ4v) is 4.49. The first kappa shape index (κ1) is 21.1. The van der Waals surface area contributed by atoms with E-state index >= 15 is 0 Å². The standard InChI is InChI=1S/C27H25FN4O/c1-3-21-12-13-22(31(21)2)16-24-27(33)32-17-25(19-9-5-4-6-10-19)29-23(26(32)30-24)15-18-8-7-11-20(28)14-18/h4-14,17,24H,3,15-16H2,1-2H3/p+1. The average molecular weight is 442 g/mol. The van der Waals surface area contributed by atoms with Crippen LogP contribution in [0.4, 0.5) is 10.2 Å². The summed E-state index contributed by atoms with van der Waals surface area (Å²) in [7, 11) is 2.04. The molecule has 1 aliphatic heterocycles. The lowest BCUT2D eigenvalue weighted by molar-refractivity contribution is -0.552. The number of nitrogens with zero attached hydrogens (tertiary/aromatic N) is 3. The Hall–Kier alpha value is -3.80. The van der Waals surface area contributed by atoms with Gasteiger partial charge in [0.05, 0.1) is 0 Å². The Bertz CT molecular complexity index is 1330. The van der Waals surface area contributed by atoms with Crippen molar-refractivity contribution in [2.45, 2.75) is 32.2 Å². The first-order valence-electron chi connectivity index (χ1n) is 11.2. The molecule has 1 unspecified atom stereocenters. The van der Waals surface area contributed by atoms with Crippen molar-refractivity contribution in [1.29, 1.82) is 0 Å². The van der Waals surface area contributed by atoms with Crippen LogP contribution >= 0.6 is 0 Å². The van der Waals surface area contributed by atoms with Crippen LogP contribution in [0, 0.1) is 5.82 Å². The molecule has 0 saturated carbocycles. The minimum absolute atomic E-state index is 0.00989. The molecule has 1 aliphatic rings. The highest BCUT2D eigenvalue weighted by atomic mass is 19.1. The van der Waals surface area contributed by atoms with Gasteiger partial charge >= 0.3 is 11.7 Å². The van der Waals surface area contributed by atoms with Gasteiger partial charge in [-0.15, -0.1) is 0 Å². The summed E-state index contributed by atoms with van der Waals surface area (Å²) in [6.07, 6.45) is 3.75. The molecule has 0 radical (unpaired) electrons. The zero-order valence-electron chi connectivity index (χ0n) is 18.8. The summed E-state index contributed by atoms with van der Waals surface area (Å²) in [4.78, 5) is 18.3. The van der Waals surface area contributed by atoms with Gasteiger partial charge < -0.3 is 4.57 Å². The SMILES string of the molecule is CCc1ccc(CC2Nc3c(Cc4cccc(F)c4)nc(-c4ccccc4)c[n+]3C2=O)n1C. The van der Waals surface area contributed by atoms with E-state index in [4.69, 9.17) is 4.98 Å². The molecule has 33 heavy (non-hydrogen) atoms. The summed E-state index contributed by atoms with van der Waals surface area (Å²) < 4.78 is 17.7. The topological polar surface area (TPSA) is 50.8 Å². The molecule has 0 spiro atoms. The summed E-state index contributed by atoms with van der Waals surface area (Å²) in [6, 6.07) is 20.1. The van der Waals surface area contributed by atoms with Crippen molar-refractivity contribution in [2.75, 3.05) is 5.32 Å². The molecule has 0 fully saturated rings. The van der Waals surface area contributed by atoms with Gasteiger partial charge in [-0.05, 0) is 36.2 Å². The zero-order valence-corrected chi connectivity index (χ0v) is 18.8. The quantitative estimate of drug-likeness (QED) is 0.453. The van der Waals surface area contributed by atoms with Gasteiger partial charge in [-0.3, -0.25) is 5.32 Å². The summed E-state index contributed by atoms with van der Waals surface area (Å²) in [5, 5.41) is 3.41. The number of rotatable bonds is 6. The first-order chi connectivity index (χ1) is 16.0. The Labute approximate surface area is 192 Å². The summed E-state index contributed by atoms with van der Waals surface area (Å²) >= 11 is 0. The van der Waals surface area contributed by atoms with E-state index in [9.17, 15) is 9.18 Å². The third kappa shape index (κ3) is 4.04. The van der Waals surface area contributed by atoms with Gasteiger partial charge in [0.1, 0.15) is 23.4 Å². The Morgan fingerprint density at radius 3 is 2.58 bits per heavy atom. The molecule has 5 rings (SSSR count). The van der Waals surface area contributed by atoms with Gasteiger partial charge in [-0.2, -0.15) is 4.57 Å². The largest absolute Gasteiger partial charge is 0.359 e. The van der Waals surface area contributed by atoms with Crippen molar-refractivity contribution >= 4 is 11.7 Å². The molecule has 6 heteroatoms. The molecule has 0 amide bonds. The van der Waals surface area contributed by atoms with Gasteiger partial charge in [0, 0.05) is 36.8 Å². The van der Waals surface area contributed by atoms with Crippen molar-refractivity contribution in [2.24, 2.45) is 7.05 Å². The van der Waals surface area contributed by atoms with E-state index < -0.39 is 0 Å². The molecule has 0 bridgehead atoms. The maximum absolute atomic E-state index is 13.8. The smallest absolute Gasteiger partial charge is 0.351 e. The van der Waals surface area contributed by atoms with Crippen molar-refractivity contribution in [3.8, 4) is 11.3 Å². The van der Waals surface area contributed by atoms with Crippen LogP contribution in [-0.2, 0) is 26.3 Å². The van der Waals surface area contributed by atoms with Crippen molar-refractivity contribution in [3.63, 3.8) is 0 Å². The monoisotopic (exact) mass is 441 g/mol. The van der Waals surface area contributed by atoms with Crippen LogP contribution in [-0.4, -0.2) is 21.5 Å². The number of fused-ring (bicyclic) bond motifs is 1. The van der Waals surface area contributed by atoms with Crippen LogP contribution in [0.5, 0.6) is 0 Å². The number of carbonyl (C=O) groups excluding carboxylic acids is 1. The Morgan fingerprint density at radius 1 is 1.06 bits per heavy atom. The van der Waals surface area contributed by atoms with E-state index in [1.165, 1.54) is 17.8 Å². The van der Waals surface area contributed by atoms with Crippen molar-refractivity contribution < 1.29 is 13.8 Å². The number of nitrogens with one attached hydrogen (secondary N) is 1. The Morgan fingerprint density at radius 2 is 1.85 bits per heavy atom. The second-order valence-corrected chi connectivity index (χ2v) is 8.43. The maximum Gasteiger partial charge on any atom is 0.359 e. The molecule has 3 heterocycles. The minimum atomic E-state index is -0.387. The summed E-state index contributed by atoms with van der Waals surface area (Å²) in [6.45, 7) is 2.12. The van der Waals surface area contributed by atoms with Crippen LogP contribution in [0.15, 0.2) is 72.9 Å². The molecule has 1 atom stereocenters. The van der Waals surface area contributed by atoms with Crippen molar-refractivity contribution in [1.82, 2.24) is 9.55 Å². The molecule has 4 aromatic rings. The van der Waals surface area contributed by atoms with Crippen molar-refractivity contribution in [3.05, 3.63) is 101 Å². The minimum Gasteiger partial charge on any atom is -0.351 e. The number of aryl methyl sites for hydroxylation is 1. The molecule has 5 nitrogen and oxygen atoms in total. The van der Waals surface area contributed by atoms with Crippen LogP contribution in [0.3, 0.4) is 0 Å². The van der Waals surface area contributed by atoms with E-state index in [-0.39, 0.29) is 17.8 Å². The van der Waals surface area contributed by atoms with E-state index in [0.29, 0.717) is 24.4 Å². The van der Waals surface area contributed by atoms with Gasteiger partial charge in [-0.25, -0.2) is 14.2 Å². The van der Waals surface area contributed by atoms with Gasteiger partial charge in [0.15, 0.2) is 0 Å². The fraction of sp³-hybridized carbons (Fsp3) is 0.222. The number of carbonyl (C=O) groups is 1. The summed E-state index contributed by atoms with van der Waals surface area (Å²) in [5.74, 6) is 0.386. The second kappa shape index (κ2) is 8.62. The highest BCUT2D eigenvalue weighted by molar-refractivity contribution is 5.82. The van der Waals surface area contributed by atoms with Gasteiger partial charge in [-0.1, -0.05) is 49.4 Å². The molecule has 0 aliphatic carbocycles. The Balaban J connectivity index is 1.54. The number of aromatic nitrogens is 3. The lowest BCUT2D eigenvalue weighted by Crippen LogP contribution is -2.44. The number of benzene rings is 2. The lowest BCUT2D eigenvalue weighted by Gasteiger charge is -2.08. The highest BCUT2D eigenvalue weighted by Gasteiger charge is 2.41. The Kier molecular flexibility index (Phi) is 5.50. The van der Waals surface area contributed by atoms with Crippen LogP contribution < -0.4 is 9.88 Å². The van der Waals surface area contributed by atoms with Gasteiger partial charge in [0.25, 0.3) is 0 Å². The molecular weight excluding hydrogens is 415 g/mol. The van der Waals surface area contributed by atoms with E-state index in [1.807, 2.05) is 43.4 Å². The molecule has 0 saturated heterocycles. The predicted molar refractivity (Wildman–Crippen MR) is 126 cm³/mol. The van der Waals surface area contributed by atoms with Crippen LogP contribution in [0.25, 0.3) is 11.3 Å². The van der Waals surface area contributed by atoms with E-state index in [1.54, 1.807) is 16.8 Å². The molecule has 1 N–H and O–H groups in total. The molecule has 166 valence electrons. The lowest BCUT2D eigenvalue weighted by atomic mass is 10.1. The second-order valence-electron chi connectivity index (χ2n) is 8.43. The number of hydrogen-bond donors (Lipinski definition) is 1. The predicted octanol–water partition coefficient (Wildman–Crippen LogP) is 4.34. The van der Waals surface area contributed by atoms with Crippen LogP contribution in [0.2, 0.25) is 0 Å².